The summed E-state index contributed by atoms with van der Waals surface area (Å²) in [5.41, 5.74) is 1.87. The first-order valence-electron chi connectivity index (χ1n) is 9.08. The molecule has 0 aliphatic carbocycles. The Morgan fingerprint density at radius 2 is 1.65 bits per heavy atom. The third-order valence-electron chi connectivity index (χ3n) is 4.36. The number of carbonyl (C=O) groups is 2. The van der Waals surface area contributed by atoms with Gasteiger partial charge in [-0.3, -0.25) is 14.6 Å². The van der Waals surface area contributed by atoms with Crippen LogP contribution in [-0.2, 0) is 6.54 Å². The van der Waals surface area contributed by atoms with Crippen LogP contribution in [0.5, 0.6) is 0 Å². The van der Waals surface area contributed by atoms with Gasteiger partial charge in [0, 0.05) is 37.4 Å². The minimum atomic E-state index is -0.149. The second-order valence-corrected chi connectivity index (χ2v) is 6.42. The number of rotatable bonds is 7. The molecule has 5 heteroatoms. The molecule has 2 rings (SSSR count). The lowest BCUT2D eigenvalue weighted by molar-refractivity contribution is 0.0690. The number of benzene rings is 1. The number of aromatic nitrogens is 1. The van der Waals surface area contributed by atoms with Gasteiger partial charge in [0.25, 0.3) is 11.8 Å². The highest BCUT2D eigenvalue weighted by Gasteiger charge is 2.21. The predicted octanol–water partition coefficient (Wildman–Crippen LogP) is 3.61. The summed E-state index contributed by atoms with van der Waals surface area (Å²) < 4.78 is 0. The molecule has 1 aromatic heterocycles. The summed E-state index contributed by atoms with van der Waals surface area (Å²) in [4.78, 5) is 33.2. The largest absolute Gasteiger partial charge is 0.338 e. The van der Waals surface area contributed by atoms with Gasteiger partial charge in [0.1, 0.15) is 5.69 Å². The van der Waals surface area contributed by atoms with Crippen molar-refractivity contribution in [2.24, 2.45) is 0 Å². The highest BCUT2D eigenvalue weighted by molar-refractivity contribution is 5.98. The summed E-state index contributed by atoms with van der Waals surface area (Å²) in [6.45, 7) is 9.59. The van der Waals surface area contributed by atoms with Crippen LogP contribution in [0.4, 0.5) is 0 Å². The van der Waals surface area contributed by atoms with Crippen molar-refractivity contribution in [2.45, 2.75) is 40.3 Å². The van der Waals surface area contributed by atoms with Gasteiger partial charge in [0.2, 0.25) is 0 Å². The number of pyridine rings is 1. The summed E-state index contributed by atoms with van der Waals surface area (Å²) in [7, 11) is 0. The summed E-state index contributed by atoms with van der Waals surface area (Å²) in [5.74, 6) is -0.247. The summed E-state index contributed by atoms with van der Waals surface area (Å²) in [6.07, 6.45) is 1.53. The van der Waals surface area contributed by atoms with E-state index in [4.69, 9.17) is 0 Å². The first-order valence-corrected chi connectivity index (χ1v) is 9.08. The van der Waals surface area contributed by atoms with Crippen LogP contribution >= 0.6 is 0 Å². The van der Waals surface area contributed by atoms with E-state index in [9.17, 15) is 9.59 Å². The molecule has 1 aromatic carbocycles. The van der Waals surface area contributed by atoms with Gasteiger partial charge in [0.15, 0.2) is 0 Å². The monoisotopic (exact) mass is 353 g/mol. The van der Waals surface area contributed by atoms with Crippen molar-refractivity contribution in [1.29, 1.82) is 0 Å². The van der Waals surface area contributed by atoms with Gasteiger partial charge in [0.05, 0.1) is 0 Å². The third kappa shape index (κ3) is 4.69. The molecule has 0 atom stereocenters. The molecule has 0 spiro atoms. The van der Waals surface area contributed by atoms with Gasteiger partial charge >= 0.3 is 0 Å². The minimum Gasteiger partial charge on any atom is -0.338 e. The Hall–Kier alpha value is -2.69. The van der Waals surface area contributed by atoms with Crippen LogP contribution in [0.15, 0.2) is 48.7 Å². The Morgan fingerprint density at radius 1 is 1.00 bits per heavy atom. The van der Waals surface area contributed by atoms with Gasteiger partial charge < -0.3 is 9.80 Å². The fourth-order valence-electron chi connectivity index (χ4n) is 2.79. The zero-order valence-electron chi connectivity index (χ0n) is 16.0. The van der Waals surface area contributed by atoms with E-state index in [0.717, 1.165) is 5.56 Å². The molecule has 0 saturated carbocycles. The lowest BCUT2D eigenvalue weighted by Crippen LogP contribution is -2.37. The van der Waals surface area contributed by atoms with Crippen LogP contribution in [-0.4, -0.2) is 45.7 Å². The van der Waals surface area contributed by atoms with Crippen LogP contribution in [0.25, 0.3) is 0 Å². The van der Waals surface area contributed by atoms with E-state index in [-0.39, 0.29) is 17.9 Å². The zero-order valence-corrected chi connectivity index (χ0v) is 16.0. The molecule has 0 aliphatic heterocycles. The van der Waals surface area contributed by atoms with Crippen molar-refractivity contribution in [3.63, 3.8) is 0 Å². The number of nitrogens with zero attached hydrogens (tertiary/aromatic N) is 3. The van der Waals surface area contributed by atoms with Crippen LogP contribution in [0.3, 0.4) is 0 Å². The summed E-state index contributed by atoms with van der Waals surface area (Å²) in [6, 6.07) is 13.2. The van der Waals surface area contributed by atoms with Gasteiger partial charge in [-0.25, -0.2) is 0 Å². The second-order valence-electron chi connectivity index (χ2n) is 6.42. The quantitative estimate of drug-likeness (QED) is 0.764. The smallest absolute Gasteiger partial charge is 0.272 e. The van der Waals surface area contributed by atoms with E-state index in [2.05, 4.69) is 4.98 Å². The first-order chi connectivity index (χ1) is 12.5. The SMILES string of the molecule is CCN(CC)C(=O)c1cc(C(=O)N(Cc2ccccc2)C(C)C)ccn1. The average Bonchev–Trinajstić information content (AvgIpc) is 2.67. The molecular formula is C21H27N3O2. The number of amides is 2. The van der Waals surface area contributed by atoms with Crippen molar-refractivity contribution < 1.29 is 9.59 Å². The van der Waals surface area contributed by atoms with Gasteiger partial charge in [-0.2, -0.15) is 0 Å². The lowest BCUT2D eigenvalue weighted by Gasteiger charge is -2.27. The van der Waals surface area contributed by atoms with Crippen LogP contribution < -0.4 is 0 Å². The maximum Gasteiger partial charge on any atom is 0.272 e. The third-order valence-corrected chi connectivity index (χ3v) is 4.36. The van der Waals surface area contributed by atoms with Crippen molar-refractivity contribution in [1.82, 2.24) is 14.8 Å². The molecule has 2 aromatic rings. The molecular weight excluding hydrogens is 326 g/mol. The Bertz CT molecular complexity index is 740. The maximum atomic E-state index is 13.0. The minimum absolute atomic E-state index is 0.0396. The lowest BCUT2D eigenvalue weighted by atomic mass is 10.1. The molecule has 0 aliphatic rings. The molecule has 0 N–H and O–H groups in total. The van der Waals surface area contributed by atoms with Crippen LogP contribution in [0.2, 0.25) is 0 Å². The Balaban J connectivity index is 2.26. The molecule has 0 saturated heterocycles. The molecule has 26 heavy (non-hydrogen) atoms. The molecule has 138 valence electrons. The molecule has 0 bridgehead atoms. The van der Waals surface area contributed by atoms with Crippen LogP contribution in [0, 0.1) is 0 Å². The predicted molar refractivity (Wildman–Crippen MR) is 103 cm³/mol. The molecule has 1 heterocycles. The highest BCUT2D eigenvalue weighted by atomic mass is 16.2. The normalized spacial score (nSPS) is 10.7. The van der Waals surface area contributed by atoms with Gasteiger partial charge in [-0.15, -0.1) is 0 Å². The molecule has 5 nitrogen and oxygen atoms in total. The van der Waals surface area contributed by atoms with Crippen molar-refractivity contribution >= 4 is 11.8 Å². The van der Waals surface area contributed by atoms with Crippen molar-refractivity contribution in [3.8, 4) is 0 Å². The molecule has 0 radical (unpaired) electrons. The van der Waals surface area contributed by atoms with E-state index in [1.807, 2.05) is 58.0 Å². The molecule has 0 unspecified atom stereocenters. The summed E-state index contributed by atoms with van der Waals surface area (Å²) in [5, 5.41) is 0. The van der Waals surface area contributed by atoms with E-state index in [0.29, 0.717) is 30.9 Å². The van der Waals surface area contributed by atoms with Crippen molar-refractivity contribution in [2.75, 3.05) is 13.1 Å². The maximum absolute atomic E-state index is 13.0. The molecule has 2 amide bonds. The fourth-order valence-corrected chi connectivity index (χ4v) is 2.79. The Morgan fingerprint density at radius 3 is 2.23 bits per heavy atom. The fraction of sp³-hybridized carbons (Fsp3) is 0.381. The standard InChI is InChI=1S/C21H27N3O2/c1-5-23(6-2)21(26)19-14-18(12-13-22-19)20(25)24(16(3)4)15-17-10-8-7-9-11-17/h7-14,16H,5-6,15H2,1-4H3. The van der Waals surface area contributed by atoms with E-state index < -0.39 is 0 Å². The second kappa shape index (κ2) is 9.13. The average molecular weight is 353 g/mol. The Labute approximate surface area is 155 Å². The topological polar surface area (TPSA) is 53.5 Å². The number of hydrogen-bond donors (Lipinski definition) is 0. The van der Waals surface area contributed by atoms with E-state index >= 15 is 0 Å². The van der Waals surface area contributed by atoms with E-state index in [1.54, 1.807) is 21.9 Å². The number of hydrogen-bond acceptors (Lipinski definition) is 3. The highest BCUT2D eigenvalue weighted by Crippen LogP contribution is 2.14. The Kier molecular flexibility index (Phi) is 6.89. The zero-order chi connectivity index (χ0) is 19.1. The van der Waals surface area contributed by atoms with Gasteiger partial charge in [-0.1, -0.05) is 30.3 Å². The van der Waals surface area contributed by atoms with E-state index in [1.165, 1.54) is 6.20 Å². The first kappa shape index (κ1) is 19.6. The van der Waals surface area contributed by atoms with Crippen LogP contribution in [0.1, 0.15) is 54.1 Å². The molecule has 0 fully saturated rings. The summed E-state index contributed by atoms with van der Waals surface area (Å²) >= 11 is 0. The van der Waals surface area contributed by atoms with Crippen molar-refractivity contribution in [3.05, 3.63) is 65.5 Å². The van der Waals surface area contributed by atoms with Gasteiger partial charge in [-0.05, 0) is 45.4 Å². The number of carbonyl (C=O) groups excluding carboxylic acids is 2.